The normalized spacial score (nSPS) is 15.9. The largest absolute Gasteiger partial charge is 0.370 e. The van der Waals surface area contributed by atoms with E-state index >= 15 is 0 Å². The average molecular weight is 262 g/mol. The molecule has 19 heavy (non-hydrogen) atoms. The monoisotopic (exact) mass is 262 g/mol. The molecule has 6 heteroatoms. The lowest BCUT2D eigenvalue weighted by atomic mass is 10.1. The third kappa shape index (κ3) is 3.30. The van der Waals surface area contributed by atoms with Crippen LogP contribution in [0.15, 0.2) is 18.2 Å². The molecule has 1 heterocycles. The maximum Gasteiger partial charge on any atom is 0.241 e. The molecule has 0 saturated heterocycles. The van der Waals surface area contributed by atoms with Crippen LogP contribution in [0.1, 0.15) is 17.5 Å². The van der Waals surface area contributed by atoms with Crippen LogP contribution < -0.4 is 16.8 Å². The molecule has 0 fully saturated rings. The van der Waals surface area contributed by atoms with Crippen LogP contribution in [-0.4, -0.2) is 29.8 Å². The van der Waals surface area contributed by atoms with E-state index in [2.05, 4.69) is 10.2 Å². The van der Waals surface area contributed by atoms with Crippen molar-refractivity contribution < 1.29 is 9.59 Å². The molecule has 102 valence electrons. The number of nitrogens with one attached hydrogen (secondary N) is 1. The quantitative estimate of drug-likeness (QED) is 0.697. The van der Waals surface area contributed by atoms with Gasteiger partial charge < -0.3 is 16.8 Å². The number of amides is 2. The van der Waals surface area contributed by atoms with Crippen LogP contribution >= 0.6 is 0 Å². The van der Waals surface area contributed by atoms with E-state index in [-0.39, 0.29) is 6.42 Å². The fourth-order valence-electron chi connectivity index (χ4n) is 2.19. The van der Waals surface area contributed by atoms with Gasteiger partial charge >= 0.3 is 0 Å². The first-order valence-corrected chi connectivity index (χ1v) is 6.11. The van der Waals surface area contributed by atoms with Gasteiger partial charge in [0.25, 0.3) is 0 Å². The van der Waals surface area contributed by atoms with Crippen molar-refractivity contribution in [2.75, 3.05) is 12.4 Å². The number of carbonyl (C=O) groups excluding carboxylic acids is 2. The molecule has 1 aliphatic heterocycles. The summed E-state index contributed by atoms with van der Waals surface area (Å²) in [5.41, 5.74) is 13.7. The van der Waals surface area contributed by atoms with Crippen LogP contribution in [0.2, 0.25) is 0 Å². The van der Waals surface area contributed by atoms with Crippen LogP contribution in [0.25, 0.3) is 0 Å². The highest BCUT2D eigenvalue weighted by atomic mass is 16.2. The SMILES string of the molecule is CN1Cc2ccc(NC(=O)[C@@H](N)CC(N)=O)cc2C1. The van der Waals surface area contributed by atoms with Crippen molar-refractivity contribution >= 4 is 17.5 Å². The number of hydrogen-bond acceptors (Lipinski definition) is 4. The molecular formula is C13H18N4O2. The smallest absolute Gasteiger partial charge is 0.241 e. The fourth-order valence-corrected chi connectivity index (χ4v) is 2.19. The summed E-state index contributed by atoms with van der Waals surface area (Å²) in [6.07, 6.45) is -0.153. The van der Waals surface area contributed by atoms with E-state index in [1.165, 1.54) is 11.1 Å². The molecular weight excluding hydrogens is 244 g/mol. The Hall–Kier alpha value is -1.92. The van der Waals surface area contributed by atoms with E-state index in [0.717, 1.165) is 13.1 Å². The van der Waals surface area contributed by atoms with E-state index in [0.29, 0.717) is 5.69 Å². The second kappa shape index (κ2) is 5.38. The number of fused-ring (bicyclic) bond motifs is 1. The van der Waals surface area contributed by atoms with Gasteiger partial charge in [0, 0.05) is 18.8 Å². The van der Waals surface area contributed by atoms with Crippen LogP contribution in [-0.2, 0) is 22.7 Å². The topological polar surface area (TPSA) is 101 Å². The molecule has 5 N–H and O–H groups in total. The van der Waals surface area contributed by atoms with Gasteiger partial charge in [-0.1, -0.05) is 6.07 Å². The van der Waals surface area contributed by atoms with Crippen molar-refractivity contribution in [1.82, 2.24) is 4.90 Å². The molecule has 1 aliphatic rings. The molecule has 1 aromatic carbocycles. The van der Waals surface area contributed by atoms with Crippen LogP contribution in [0.4, 0.5) is 5.69 Å². The standard InChI is InChI=1S/C13H18N4O2/c1-17-6-8-2-3-10(4-9(8)7-17)16-13(19)11(14)5-12(15)18/h2-4,11H,5-7,14H2,1H3,(H2,15,18)(H,16,19)/t11-/m0/s1. The number of anilines is 1. The molecule has 1 atom stereocenters. The van der Waals surface area contributed by atoms with Crippen molar-refractivity contribution in [2.45, 2.75) is 25.6 Å². The summed E-state index contributed by atoms with van der Waals surface area (Å²) in [5.74, 6) is -0.983. The van der Waals surface area contributed by atoms with Crippen molar-refractivity contribution in [3.63, 3.8) is 0 Å². The van der Waals surface area contributed by atoms with Gasteiger partial charge in [-0.3, -0.25) is 14.5 Å². The number of nitrogens with two attached hydrogens (primary N) is 2. The Morgan fingerprint density at radius 2 is 2.05 bits per heavy atom. The molecule has 0 aromatic heterocycles. The number of primary amides is 1. The minimum Gasteiger partial charge on any atom is -0.370 e. The first-order valence-electron chi connectivity index (χ1n) is 6.11. The molecule has 0 spiro atoms. The van der Waals surface area contributed by atoms with Crippen LogP contribution in [0.3, 0.4) is 0 Å². The Bertz CT molecular complexity index is 515. The summed E-state index contributed by atoms with van der Waals surface area (Å²) < 4.78 is 0. The highest BCUT2D eigenvalue weighted by molar-refractivity contribution is 5.97. The Kier molecular flexibility index (Phi) is 3.82. The molecule has 0 unspecified atom stereocenters. The molecule has 2 amide bonds. The summed E-state index contributed by atoms with van der Waals surface area (Å²) in [6, 6.07) is 4.86. The van der Waals surface area contributed by atoms with Gasteiger partial charge in [-0.15, -0.1) is 0 Å². The molecule has 1 aromatic rings. The zero-order chi connectivity index (χ0) is 14.0. The van der Waals surface area contributed by atoms with Gasteiger partial charge in [0.05, 0.1) is 12.5 Å². The zero-order valence-electron chi connectivity index (χ0n) is 10.8. The summed E-state index contributed by atoms with van der Waals surface area (Å²) in [4.78, 5) is 24.7. The maximum atomic E-state index is 11.8. The third-order valence-corrected chi connectivity index (χ3v) is 3.11. The fraction of sp³-hybridized carbons (Fsp3) is 0.385. The van der Waals surface area contributed by atoms with E-state index in [4.69, 9.17) is 11.5 Å². The highest BCUT2D eigenvalue weighted by Crippen LogP contribution is 2.24. The van der Waals surface area contributed by atoms with Crippen molar-refractivity contribution in [1.29, 1.82) is 0 Å². The Morgan fingerprint density at radius 1 is 1.37 bits per heavy atom. The van der Waals surface area contributed by atoms with E-state index in [9.17, 15) is 9.59 Å². The predicted molar refractivity (Wildman–Crippen MR) is 72.0 cm³/mol. The van der Waals surface area contributed by atoms with Crippen molar-refractivity contribution in [3.05, 3.63) is 29.3 Å². The Morgan fingerprint density at radius 3 is 2.74 bits per heavy atom. The number of hydrogen-bond donors (Lipinski definition) is 3. The lowest BCUT2D eigenvalue weighted by molar-refractivity contribution is -0.123. The average Bonchev–Trinajstić information content (AvgIpc) is 2.67. The van der Waals surface area contributed by atoms with Crippen LogP contribution in [0.5, 0.6) is 0 Å². The summed E-state index contributed by atoms with van der Waals surface area (Å²) in [6.45, 7) is 1.79. The minimum atomic E-state index is -0.909. The predicted octanol–water partition coefficient (Wildman–Crippen LogP) is -0.227. The highest BCUT2D eigenvalue weighted by Gasteiger charge is 2.18. The van der Waals surface area contributed by atoms with E-state index in [1.54, 1.807) is 0 Å². The second-order valence-electron chi connectivity index (χ2n) is 4.92. The number of benzene rings is 1. The van der Waals surface area contributed by atoms with Gasteiger partial charge in [0.1, 0.15) is 0 Å². The maximum absolute atomic E-state index is 11.8. The summed E-state index contributed by atoms with van der Waals surface area (Å²) in [7, 11) is 2.04. The molecule has 6 nitrogen and oxygen atoms in total. The van der Waals surface area contributed by atoms with Gasteiger partial charge in [0.15, 0.2) is 0 Å². The van der Waals surface area contributed by atoms with Crippen molar-refractivity contribution in [2.24, 2.45) is 11.5 Å². The number of nitrogens with zero attached hydrogens (tertiary/aromatic N) is 1. The lowest BCUT2D eigenvalue weighted by Crippen LogP contribution is -2.39. The van der Waals surface area contributed by atoms with Crippen molar-refractivity contribution in [3.8, 4) is 0 Å². The first kappa shape index (κ1) is 13.5. The molecule has 0 saturated carbocycles. The lowest BCUT2D eigenvalue weighted by Gasteiger charge is -2.11. The van der Waals surface area contributed by atoms with E-state index < -0.39 is 17.9 Å². The zero-order valence-corrected chi connectivity index (χ0v) is 10.8. The summed E-state index contributed by atoms with van der Waals surface area (Å²) in [5, 5.41) is 2.70. The summed E-state index contributed by atoms with van der Waals surface area (Å²) >= 11 is 0. The van der Waals surface area contributed by atoms with Gasteiger partial charge in [-0.05, 0) is 30.3 Å². The van der Waals surface area contributed by atoms with Gasteiger partial charge in [0.2, 0.25) is 11.8 Å². The number of rotatable bonds is 4. The minimum absolute atomic E-state index is 0.153. The van der Waals surface area contributed by atoms with Crippen LogP contribution in [0, 0.1) is 0 Å². The van der Waals surface area contributed by atoms with E-state index in [1.807, 2.05) is 25.2 Å². The third-order valence-electron chi connectivity index (χ3n) is 3.11. The molecule has 2 rings (SSSR count). The van der Waals surface area contributed by atoms with Gasteiger partial charge in [-0.2, -0.15) is 0 Å². The number of carbonyl (C=O) groups is 2. The molecule has 0 bridgehead atoms. The molecule has 0 radical (unpaired) electrons. The van der Waals surface area contributed by atoms with Gasteiger partial charge in [-0.25, -0.2) is 0 Å². The Balaban J connectivity index is 2.02. The first-order chi connectivity index (χ1) is 8.95. The second-order valence-corrected chi connectivity index (χ2v) is 4.92. The Labute approximate surface area is 111 Å². The molecule has 0 aliphatic carbocycles.